The first-order valence-electron chi connectivity index (χ1n) is 5.39. The Morgan fingerprint density at radius 2 is 2.05 bits per heavy atom. The van der Waals surface area contributed by atoms with Crippen LogP contribution in [-0.4, -0.2) is 39.6 Å². The number of hydrogen-bond acceptors (Lipinski definition) is 6. The molecule has 2 N–H and O–H groups in total. The number of carbonyl (C=O) groups excluding carboxylic acids is 2. The van der Waals surface area contributed by atoms with Gasteiger partial charge in [-0.15, -0.1) is 10.2 Å². The van der Waals surface area contributed by atoms with Crippen molar-refractivity contribution in [2.45, 2.75) is 6.54 Å². The van der Waals surface area contributed by atoms with E-state index in [1.54, 1.807) is 24.3 Å². The summed E-state index contributed by atoms with van der Waals surface area (Å²) < 4.78 is 4.59. The number of tetrazole rings is 1. The molecule has 0 saturated carbocycles. The highest BCUT2D eigenvalue weighted by Crippen LogP contribution is 2.05. The average molecular weight is 261 g/mol. The van der Waals surface area contributed by atoms with Gasteiger partial charge in [-0.05, 0) is 22.9 Å². The molecule has 0 saturated heterocycles. The van der Waals surface area contributed by atoms with Gasteiger partial charge in [0.15, 0.2) is 0 Å². The van der Waals surface area contributed by atoms with Crippen LogP contribution < -0.4 is 5.32 Å². The Morgan fingerprint density at radius 3 is 2.63 bits per heavy atom. The van der Waals surface area contributed by atoms with Crippen LogP contribution in [0.15, 0.2) is 24.3 Å². The highest BCUT2D eigenvalue weighted by atomic mass is 16.5. The second-order valence-corrected chi connectivity index (χ2v) is 3.61. The van der Waals surface area contributed by atoms with E-state index in [-0.39, 0.29) is 5.82 Å². The fourth-order valence-corrected chi connectivity index (χ4v) is 1.40. The molecule has 1 aromatic heterocycles. The number of hydrogen-bond donors (Lipinski definition) is 2. The number of rotatable bonds is 4. The number of amides is 1. The molecule has 98 valence electrons. The van der Waals surface area contributed by atoms with Crippen LogP contribution in [0.5, 0.6) is 0 Å². The molecule has 0 spiro atoms. The van der Waals surface area contributed by atoms with E-state index in [0.29, 0.717) is 12.1 Å². The summed E-state index contributed by atoms with van der Waals surface area (Å²) in [5, 5.41) is 15.2. The van der Waals surface area contributed by atoms with Gasteiger partial charge < -0.3 is 10.1 Å². The van der Waals surface area contributed by atoms with E-state index in [0.717, 1.165) is 5.56 Å². The van der Waals surface area contributed by atoms with Crippen LogP contribution in [0.2, 0.25) is 0 Å². The van der Waals surface area contributed by atoms with Crippen molar-refractivity contribution in [3.63, 3.8) is 0 Å². The van der Waals surface area contributed by atoms with Crippen LogP contribution in [0.3, 0.4) is 0 Å². The lowest BCUT2D eigenvalue weighted by Crippen LogP contribution is -2.24. The number of carbonyl (C=O) groups is 2. The van der Waals surface area contributed by atoms with E-state index in [4.69, 9.17) is 0 Å². The van der Waals surface area contributed by atoms with E-state index in [1.807, 2.05) is 0 Å². The molecular weight excluding hydrogens is 250 g/mol. The van der Waals surface area contributed by atoms with Gasteiger partial charge in [-0.1, -0.05) is 12.1 Å². The number of methoxy groups -OCH3 is 1. The number of aromatic nitrogens is 4. The zero-order valence-electron chi connectivity index (χ0n) is 10.1. The monoisotopic (exact) mass is 261 g/mol. The Labute approximate surface area is 108 Å². The maximum absolute atomic E-state index is 11.5. The normalized spacial score (nSPS) is 9.95. The van der Waals surface area contributed by atoms with Crippen molar-refractivity contribution >= 4 is 11.9 Å². The van der Waals surface area contributed by atoms with Crippen molar-refractivity contribution in [1.82, 2.24) is 25.9 Å². The maximum atomic E-state index is 11.5. The summed E-state index contributed by atoms with van der Waals surface area (Å²) >= 11 is 0. The Bertz CT molecular complexity index is 565. The number of benzene rings is 1. The molecule has 0 aliphatic heterocycles. The Kier molecular flexibility index (Phi) is 3.81. The zero-order chi connectivity index (χ0) is 13.7. The summed E-state index contributed by atoms with van der Waals surface area (Å²) in [7, 11) is 1.32. The average Bonchev–Trinajstić information content (AvgIpc) is 2.98. The van der Waals surface area contributed by atoms with Gasteiger partial charge in [0.25, 0.3) is 11.7 Å². The van der Waals surface area contributed by atoms with Gasteiger partial charge in [0.2, 0.25) is 0 Å². The van der Waals surface area contributed by atoms with Gasteiger partial charge in [0, 0.05) is 6.54 Å². The smallest absolute Gasteiger partial charge is 0.337 e. The van der Waals surface area contributed by atoms with Gasteiger partial charge in [-0.2, -0.15) is 5.21 Å². The molecule has 8 nitrogen and oxygen atoms in total. The molecule has 0 atom stereocenters. The summed E-state index contributed by atoms with van der Waals surface area (Å²) in [4.78, 5) is 22.8. The first kappa shape index (κ1) is 12.7. The summed E-state index contributed by atoms with van der Waals surface area (Å²) in [5.41, 5.74) is 1.29. The minimum absolute atomic E-state index is 0.0221. The van der Waals surface area contributed by atoms with Gasteiger partial charge >= 0.3 is 5.97 Å². The van der Waals surface area contributed by atoms with Crippen LogP contribution >= 0.6 is 0 Å². The van der Waals surface area contributed by atoms with Crippen molar-refractivity contribution in [3.8, 4) is 0 Å². The number of nitrogens with zero attached hydrogens (tertiary/aromatic N) is 3. The molecule has 0 unspecified atom stereocenters. The topological polar surface area (TPSA) is 110 Å². The lowest BCUT2D eigenvalue weighted by atomic mass is 10.1. The molecule has 1 heterocycles. The quantitative estimate of drug-likeness (QED) is 0.745. The molecule has 0 bridgehead atoms. The fraction of sp³-hybridized carbons (Fsp3) is 0.182. The summed E-state index contributed by atoms with van der Waals surface area (Å²) in [6.07, 6.45) is 0. The molecule has 0 aliphatic carbocycles. The summed E-state index contributed by atoms with van der Waals surface area (Å²) in [6.45, 7) is 0.300. The predicted octanol–water partition coefficient (Wildman–Crippen LogP) is -0.0837. The largest absolute Gasteiger partial charge is 0.465 e. The summed E-state index contributed by atoms with van der Waals surface area (Å²) in [5.74, 6) is -0.848. The lowest BCUT2D eigenvalue weighted by molar-refractivity contribution is 0.0600. The van der Waals surface area contributed by atoms with Crippen molar-refractivity contribution in [2.24, 2.45) is 0 Å². The Morgan fingerprint density at radius 1 is 1.32 bits per heavy atom. The molecule has 0 radical (unpaired) electrons. The molecule has 2 rings (SSSR count). The standard InChI is InChI=1S/C11H11N5O3/c1-19-11(18)8-4-2-7(3-5-8)6-12-10(17)9-13-15-16-14-9/h2-5H,6H2,1H3,(H,12,17)(H,13,14,15,16). The molecule has 0 fully saturated rings. The van der Waals surface area contributed by atoms with Gasteiger partial charge in [0.1, 0.15) is 0 Å². The van der Waals surface area contributed by atoms with Crippen molar-refractivity contribution in [3.05, 3.63) is 41.2 Å². The molecule has 1 aromatic carbocycles. The number of nitrogens with one attached hydrogen (secondary N) is 2. The van der Waals surface area contributed by atoms with Gasteiger partial charge in [-0.3, -0.25) is 4.79 Å². The van der Waals surface area contributed by atoms with Crippen LogP contribution in [0.4, 0.5) is 0 Å². The molecule has 2 aromatic rings. The van der Waals surface area contributed by atoms with E-state index >= 15 is 0 Å². The van der Waals surface area contributed by atoms with Crippen LogP contribution in [0, 0.1) is 0 Å². The zero-order valence-corrected chi connectivity index (χ0v) is 10.1. The van der Waals surface area contributed by atoms with E-state index in [2.05, 4.69) is 30.7 Å². The number of esters is 1. The molecule has 19 heavy (non-hydrogen) atoms. The van der Waals surface area contributed by atoms with E-state index in [9.17, 15) is 9.59 Å². The van der Waals surface area contributed by atoms with E-state index in [1.165, 1.54) is 7.11 Å². The highest BCUT2D eigenvalue weighted by Gasteiger charge is 2.10. The minimum atomic E-state index is -0.425. The molecule has 8 heteroatoms. The van der Waals surface area contributed by atoms with Crippen LogP contribution in [0.25, 0.3) is 0 Å². The highest BCUT2D eigenvalue weighted by molar-refractivity contribution is 5.90. The van der Waals surface area contributed by atoms with Gasteiger partial charge in [-0.25, -0.2) is 4.79 Å². The fourth-order valence-electron chi connectivity index (χ4n) is 1.40. The first-order valence-corrected chi connectivity index (χ1v) is 5.39. The Balaban J connectivity index is 1.93. The second-order valence-electron chi connectivity index (χ2n) is 3.61. The van der Waals surface area contributed by atoms with Crippen molar-refractivity contribution < 1.29 is 14.3 Å². The molecule has 0 aliphatic rings. The third-order valence-electron chi connectivity index (χ3n) is 2.38. The SMILES string of the molecule is COC(=O)c1ccc(CNC(=O)c2nn[nH]n2)cc1. The number of aromatic amines is 1. The number of H-pyrrole nitrogens is 1. The maximum Gasteiger partial charge on any atom is 0.337 e. The van der Waals surface area contributed by atoms with Gasteiger partial charge in [0.05, 0.1) is 12.7 Å². The third kappa shape index (κ3) is 3.12. The van der Waals surface area contributed by atoms with Crippen molar-refractivity contribution in [1.29, 1.82) is 0 Å². The molecule has 1 amide bonds. The Hall–Kier alpha value is -2.77. The van der Waals surface area contributed by atoms with Crippen LogP contribution in [0.1, 0.15) is 26.5 Å². The van der Waals surface area contributed by atoms with Crippen molar-refractivity contribution in [2.75, 3.05) is 7.11 Å². The molecular formula is C11H11N5O3. The number of ether oxygens (including phenoxy) is 1. The summed E-state index contributed by atoms with van der Waals surface area (Å²) in [6, 6.07) is 6.70. The second kappa shape index (κ2) is 5.71. The van der Waals surface area contributed by atoms with Crippen LogP contribution in [-0.2, 0) is 11.3 Å². The van der Waals surface area contributed by atoms with E-state index < -0.39 is 11.9 Å². The lowest BCUT2D eigenvalue weighted by Gasteiger charge is -2.04. The third-order valence-corrected chi connectivity index (χ3v) is 2.38. The first-order chi connectivity index (χ1) is 9.20. The minimum Gasteiger partial charge on any atom is -0.465 e. The predicted molar refractivity (Wildman–Crippen MR) is 63.1 cm³/mol.